The van der Waals surface area contributed by atoms with Gasteiger partial charge in [-0.3, -0.25) is 4.79 Å². The van der Waals surface area contributed by atoms with Crippen molar-refractivity contribution in [2.24, 2.45) is 0 Å². The Morgan fingerprint density at radius 1 is 0.733 bits per heavy atom. The third kappa shape index (κ3) is 20.0. The third-order valence-corrected chi connectivity index (χ3v) is 8.86. The summed E-state index contributed by atoms with van der Waals surface area (Å²) >= 11 is 0. The van der Waals surface area contributed by atoms with E-state index in [0.717, 1.165) is 38.5 Å². The Balaban J connectivity index is 2.49. The normalized spacial score (nSPS) is 23.4. The van der Waals surface area contributed by atoms with Gasteiger partial charge in [0.25, 0.3) is 0 Å². The molecule has 266 valence electrons. The first-order valence-electron chi connectivity index (χ1n) is 18.4. The van der Waals surface area contributed by atoms with Crippen molar-refractivity contribution in [2.75, 3.05) is 13.2 Å². The summed E-state index contributed by atoms with van der Waals surface area (Å²) in [4.78, 5) is 12.8. The van der Waals surface area contributed by atoms with Crippen molar-refractivity contribution in [2.45, 2.75) is 198 Å². The molecule has 0 unspecified atom stereocenters. The molecule has 7 atom stereocenters. The van der Waals surface area contributed by atoms with Crippen molar-refractivity contribution >= 4 is 5.91 Å². The van der Waals surface area contributed by atoms with E-state index in [1.54, 1.807) is 6.08 Å². The molecule has 1 saturated heterocycles. The van der Waals surface area contributed by atoms with E-state index in [1.165, 1.54) is 96.3 Å². The molecule has 1 amide bonds. The molecule has 1 aliphatic heterocycles. The van der Waals surface area contributed by atoms with E-state index < -0.39 is 49.5 Å². The molecule has 1 fully saturated rings. The lowest BCUT2D eigenvalue weighted by Gasteiger charge is -2.40. The minimum Gasteiger partial charge on any atom is -0.394 e. The molecular formula is C36H69NO8. The number of rotatable bonds is 29. The van der Waals surface area contributed by atoms with Gasteiger partial charge in [-0.15, -0.1) is 0 Å². The zero-order valence-corrected chi connectivity index (χ0v) is 28.6. The van der Waals surface area contributed by atoms with E-state index in [1.807, 2.05) is 6.08 Å². The minimum atomic E-state index is -1.56. The molecule has 0 aliphatic carbocycles. The number of hydrogen-bond donors (Lipinski definition) is 6. The maximum atomic E-state index is 12.8. The summed E-state index contributed by atoms with van der Waals surface area (Å²) in [5.74, 6) is -0.182. The van der Waals surface area contributed by atoms with E-state index in [2.05, 4.69) is 19.2 Å². The van der Waals surface area contributed by atoms with Gasteiger partial charge in [-0.25, -0.2) is 0 Å². The van der Waals surface area contributed by atoms with E-state index in [0.29, 0.717) is 6.42 Å². The predicted octanol–water partition coefficient (Wildman–Crippen LogP) is 5.83. The molecule has 9 heteroatoms. The number of aliphatic hydroxyl groups excluding tert-OH is 5. The van der Waals surface area contributed by atoms with Gasteiger partial charge in [0.1, 0.15) is 24.4 Å². The van der Waals surface area contributed by atoms with Crippen molar-refractivity contribution in [3.63, 3.8) is 0 Å². The van der Waals surface area contributed by atoms with Crippen LogP contribution in [0.4, 0.5) is 0 Å². The monoisotopic (exact) mass is 644 g/mol. The third-order valence-electron chi connectivity index (χ3n) is 8.86. The van der Waals surface area contributed by atoms with E-state index in [4.69, 9.17) is 9.47 Å². The molecule has 0 saturated carbocycles. The predicted molar refractivity (Wildman–Crippen MR) is 180 cm³/mol. The molecule has 9 nitrogen and oxygen atoms in total. The second kappa shape index (κ2) is 28.0. The molecule has 0 bridgehead atoms. The van der Waals surface area contributed by atoms with Crippen molar-refractivity contribution in [1.82, 2.24) is 5.32 Å². The van der Waals surface area contributed by atoms with Gasteiger partial charge in [0, 0.05) is 6.42 Å². The Bertz CT molecular complexity index is 721. The van der Waals surface area contributed by atoms with Gasteiger partial charge < -0.3 is 40.3 Å². The summed E-state index contributed by atoms with van der Waals surface area (Å²) in [6, 6.07) is -0.794. The Hall–Kier alpha value is -1.07. The van der Waals surface area contributed by atoms with Crippen LogP contribution in [-0.4, -0.2) is 87.5 Å². The van der Waals surface area contributed by atoms with Crippen LogP contribution in [0.25, 0.3) is 0 Å². The summed E-state index contributed by atoms with van der Waals surface area (Å²) in [5, 5.41) is 53.7. The lowest BCUT2D eigenvalue weighted by atomic mass is 9.99. The van der Waals surface area contributed by atoms with Gasteiger partial charge >= 0.3 is 0 Å². The van der Waals surface area contributed by atoms with Crippen molar-refractivity contribution in [3.05, 3.63) is 12.2 Å². The first kappa shape index (κ1) is 42.0. The molecule has 1 heterocycles. The average Bonchev–Trinajstić information content (AvgIpc) is 3.04. The molecule has 0 radical (unpaired) electrons. The fourth-order valence-corrected chi connectivity index (χ4v) is 5.80. The highest BCUT2D eigenvalue weighted by molar-refractivity contribution is 5.76. The summed E-state index contributed by atoms with van der Waals surface area (Å²) in [6.45, 7) is 3.71. The number of carbonyl (C=O) groups is 1. The fraction of sp³-hybridized carbons (Fsp3) is 0.917. The lowest BCUT2D eigenvalue weighted by Crippen LogP contribution is -2.60. The number of unbranched alkanes of at least 4 members (excludes halogenated alkanes) is 19. The summed E-state index contributed by atoms with van der Waals surface area (Å²) in [7, 11) is 0. The van der Waals surface area contributed by atoms with Crippen LogP contribution in [0.5, 0.6) is 0 Å². The first-order valence-corrected chi connectivity index (χ1v) is 18.4. The Morgan fingerprint density at radius 3 is 1.73 bits per heavy atom. The van der Waals surface area contributed by atoms with E-state index >= 15 is 0 Å². The van der Waals surface area contributed by atoms with Crippen LogP contribution in [0.15, 0.2) is 12.2 Å². The van der Waals surface area contributed by atoms with E-state index in [-0.39, 0.29) is 12.5 Å². The SMILES string of the molecule is CCCCCCCCCCCCC/C=C/[C@H](O)[C@H](CO[C@@H]1O[C@H](CO)[C@H](O)[C@H](O)[C@H]1O)NC(=O)CCCCCCCCCCC. The lowest BCUT2D eigenvalue weighted by molar-refractivity contribution is -0.302. The van der Waals surface area contributed by atoms with Crippen LogP contribution >= 0.6 is 0 Å². The number of carbonyl (C=O) groups excluding carboxylic acids is 1. The molecule has 45 heavy (non-hydrogen) atoms. The summed E-state index contributed by atoms with van der Waals surface area (Å²) < 4.78 is 11.1. The van der Waals surface area contributed by atoms with Gasteiger partial charge in [0.15, 0.2) is 6.29 Å². The molecular weight excluding hydrogens is 574 g/mol. The maximum Gasteiger partial charge on any atom is 0.220 e. The number of aliphatic hydroxyl groups is 5. The van der Waals surface area contributed by atoms with Gasteiger partial charge in [-0.1, -0.05) is 142 Å². The highest BCUT2D eigenvalue weighted by Gasteiger charge is 2.44. The second-order valence-electron chi connectivity index (χ2n) is 13.0. The van der Waals surface area contributed by atoms with Crippen LogP contribution in [-0.2, 0) is 14.3 Å². The number of hydrogen-bond acceptors (Lipinski definition) is 8. The highest BCUT2D eigenvalue weighted by atomic mass is 16.7. The molecule has 6 N–H and O–H groups in total. The number of allylic oxidation sites excluding steroid dienone is 1. The number of ether oxygens (including phenoxy) is 2. The topological polar surface area (TPSA) is 149 Å². The molecule has 0 aromatic rings. The van der Waals surface area contributed by atoms with Crippen LogP contribution in [0.1, 0.15) is 155 Å². The number of nitrogens with one attached hydrogen (secondary N) is 1. The second-order valence-corrected chi connectivity index (χ2v) is 13.0. The molecule has 1 aliphatic rings. The van der Waals surface area contributed by atoms with Crippen LogP contribution < -0.4 is 5.32 Å². The van der Waals surface area contributed by atoms with Gasteiger partial charge in [0.05, 0.1) is 25.4 Å². The van der Waals surface area contributed by atoms with Gasteiger partial charge in [-0.05, 0) is 19.3 Å². The minimum absolute atomic E-state index is 0.182. The van der Waals surface area contributed by atoms with Crippen LogP contribution in [0.3, 0.4) is 0 Å². The quantitative estimate of drug-likeness (QED) is 0.0441. The average molecular weight is 644 g/mol. The Labute approximate surface area is 274 Å². The van der Waals surface area contributed by atoms with Crippen molar-refractivity contribution < 1.29 is 39.8 Å². The molecule has 0 aromatic heterocycles. The fourth-order valence-electron chi connectivity index (χ4n) is 5.80. The summed E-state index contributed by atoms with van der Waals surface area (Å²) in [6.07, 6.45) is 21.1. The Kier molecular flexibility index (Phi) is 26.1. The van der Waals surface area contributed by atoms with Gasteiger partial charge in [-0.2, -0.15) is 0 Å². The van der Waals surface area contributed by atoms with Crippen LogP contribution in [0, 0.1) is 0 Å². The van der Waals surface area contributed by atoms with Crippen LogP contribution in [0.2, 0.25) is 0 Å². The van der Waals surface area contributed by atoms with E-state index in [9.17, 15) is 30.3 Å². The van der Waals surface area contributed by atoms with Gasteiger partial charge in [0.2, 0.25) is 5.91 Å². The molecule has 0 aromatic carbocycles. The molecule has 0 spiro atoms. The standard InChI is InChI=1S/C36H69NO8/c1-3-5-7-9-11-13-14-15-16-18-19-21-23-25-30(39)29(28-44-36-35(43)34(42)33(41)31(27-38)45-36)37-32(40)26-24-22-20-17-12-10-8-6-4-2/h23,25,29-31,33-36,38-39,41-43H,3-22,24,26-28H2,1-2H3,(H,37,40)/b25-23+/t29-,30-,31+,33-,34-,35+,36+/m0/s1. The largest absolute Gasteiger partial charge is 0.394 e. The molecule has 1 rings (SSSR count). The van der Waals surface area contributed by atoms with Crippen molar-refractivity contribution in [1.29, 1.82) is 0 Å². The zero-order chi connectivity index (χ0) is 33.1. The highest BCUT2D eigenvalue weighted by Crippen LogP contribution is 2.22. The first-order chi connectivity index (χ1) is 21.8. The zero-order valence-electron chi connectivity index (χ0n) is 28.6. The number of amides is 1. The smallest absolute Gasteiger partial charge is 0.220 e. The Morgan fingerprint density at radius 2 is 1.22 bits per heavy atom. The van der Waals surface area contributed by atoms with Crippen molar-refractivity contribution in [3.8, 4) is 0 Å². The maximum absolute atomic E-state index is 12.8. The summed E-state index contributed by atoms with van der Waals surface area (Å²) in [5.41, 5.74) is 0.